The minimum Gasteiger partial charge on any atom is -0.394 e. The first-order valence-electron chi connectivity index (χ1n) is 6.59. The molecule has 19 heavy (non-hydrogen) atoms. The number of hydrogen-bond donors (Lipinski definition) is 3. The van der Waals surface area contributed by atoms with Crippen LogP contribution in [0.25, 0.3) is 0 Å². The van der Waals surface area contributed by atoms with Crippen LogP contribution in [0.3, 0.4) is 0 Å². The lowest BCUT2D eigenvalue weighted by atomic mass is 9.77. The van der Waals surface area contributed by atoms with Crippen LogP contribution in [0.5, 0.6) is 0 Å². The van der Waals surface area contributed by atoms with Crippen LogP contribution in [0, 0.1) is 11.6 Å². The molecule has 1 aliphatic carbocycles. The second-order valence-corrected chi connectivity index (χ2v) is 4.99. The van der Waals surface area contributed by atoms with E-state index in [1.54, 1.807) is 0 Å². The number of aromatic nitrogens is 1. The second kappa shape index (κ2) is 5.69. The summed E-state index contributed by atoms with van der Waals surface area (Å²) >= 11 is 0. The van der Waals surface area contributed by atoms with Crippen LogP contribution in [-0.2, 0) is 0 Å². The molecular weight excluding hydrogens is 252 g/mol. The van der Waals surface area contributed by atoms with Crippen LogP contribution in [0.1, 0.15) is 32.6 Å². The Balaban J connectivity index is 2.19. The zero-order valence-corrected chi connectivity index (χ0v) is 11.0. The highest BCUT2D eigenvalue weighted by atomic mass is 19.1. The molecular formula is C13H19F2N3O. The monoisotopic (exact) mass is 271 g/mol. The second-order valence-electron chi connectivity index (χ2n) is 4.99. The molecule has 1 aromatic heterocycles. The summed E-state index contributed by atoms with van der Waals surface area (Å²) < 4.78 is 27.2. The Morgan fingerprint density at radius 1 is 1.32 bits per heavy atom. The van der Waals surface area contributed by atoms with Gasteiger partial charge in [-0.25, -0.2) is 13.8 Å². The average Bonchev–Trinajstić information content (AvgIpc) is 2.35. The molecule has 0 atom stereocenters. The minimum atomic E-state index is -0.737. The number of rotatable bonds is 6. The number of aliphatic hydroxyl groups excluding tert-OH is 1. The number of hydrogen-bond acceptors (Lipinski definition) is 4. The summed E-state index contributed by atoms with van der Waals surface area (Å²) in [6, 6.07) is 0.817. The SMILES string of the molecule is CCCNc1nc(NC2(CO)CCC2)c(F)cc1F. The highest BCUT2D eigenvalue weighted by Crippen LogP contribution is 2.35. The van der Waals surface area contributed by atoms with E-state index in [-0.39, 0.29) is 18.2 Å². The van der Waals surface area contributed by atoms with Crippen LogP contribution < -0.4 is 10.6 Å². The zero-order chi connectivity index (χ0) is 13.9. The molecule has 0 spiro atoms. The quantitative estimate of drug-likeness (QED) is 0.744. The van der Waals surface area contributed by atoms with Gasteiger partial charge in [-0.3, -0.25) is 0 Å². The van der Waals surface area contributed by atoms with Gasteiger partial charge in [-0.05, 0) is 25.7 Å². The van der Waals surface area contributed by atoms with Gasteiger partial charge in [0.05, 0.1) is 12.1 Å². The fourth-order valence-corrected chi connectivity index (χ4v) is 2.10. The van der Waals surface area contributed by atoms with Crippen molar-refractivity contribution in [3.8, 4) is 0 Å². The minimum absolute atomic E-state index is 0.00578. The Morgan fingerprint density at radius 3 is 2.53 bits per heavy atom. The molecule has 1 saturated carbocycles. The van der Waals surface area contributed by atoms with E-state index >= 15 is 0 Å². The van der Waals surface area contributed by atoms with Gasteiger partial charge in [0.1, 0.15) is 0 Å². The molecule has 0 unspecified atom stereocenters. The molecule has 1 aromatic rings. The standard InChI is InChI=1S/C13H19F2N3O/c1-2-6-16-11-9(14)7-10(15)12(17-11)18-13(8-19)4-3-5-13/h7,19H,2-6,8H2,1H3,(H2,16,17,18). The molecule has 2 rings (SSSR count). The van der Waals surface area contributed by atoms with Crippen molar-refractivity contribution >= 4 is 11.6 Å². The smallest absolute Gasteiger partial charge is 0.168 e. The molecule has 106 valence electrons. The predicted molar refractivity (Wildman–Crippen MR) is 70.2 cm³/mol. The summed E-state index contributed by atoms with van der Waals surface area (Å²) in [7, 11) is 0. The maximum Gasteiger partial charge on any atom is 0.168 e. The molecule has 1 fully saturated rings. The Labute approximate surface area is 111 Å². The van der Waals surface area contributed by atoms with Gasteiger partial charge in [0.15, 0.2) is 23.3 Å². The highest BCUT2D eigenvalue weighted by molar-refractivity contribution is 5.49. The largest absolute Gasteiger partial charge is 0.394 e. The lowest BCUT2D eigenvalue weighted by molar-refractivity contribution is 0.143. The van der Waals surface area contributed by atoms with Gasteiger partial charge >= 0.3 is 0 Å². The number of aliphatic hydroxyl groups is 1. The Kier molecular flexibility index (Phi) is 4.19. The predicted octanol–water partition coefficient (Wildman–Crippen LogP) is 2.51. The summed E-state index contributed by atoms with van der Waals surface area (Å²) in [4.78, 5) is 3.94. The van der Waals surface area contributed by atoms with Gasteiger partial charge in [0.2, 0.25) is 0 Å². The topological polar surface area (TPSA) is 57.2 Å². The molecule has 0 aliphatic heterocycles. The third-order valence-electron chi connectivity index (χ3n) is 3.47. The van der Waals surface area contributed by atoms with E-state index in [2.05, 4.69) is 15.6 Å². The molecule has 0 aromatic carbocycles. The first-order chi connectivity index (χ1) is 9.10. The first-order valence-corrected chi connectivity index (χ1v) is 6.59. The van der Waals surface area contributed by atoms with Gasteiger partial charge < -0.3 is 15.7 Å². The van der Waals surface area contributed by atoms with Gasteiger partial charge in [0, 0.05) is 12.6 Å². The van der Waals surface area contributed by atoms with Crippen molar-refractivity contribution in [2.45, 2.75) is 38.1 Å². The molecule has 3 N–H and O–H groups in total. The summed E-state index contributed by atoms with van der Waals surface area (Å²) in [5.74, 6) is -1.41. The molecule has 4 nitrogen and oxygen atoms in total. The van der Waals surface area contributed by atoms with E-state index in [9.17, 15) is 13.9 Å². The lowest BCUT2D eigenvalue weighted by Gasteiger charge is -2.41. The molecule has 0 bridgehead atoms. The van der Waals surface area contributed by atoms with E-state index in [0.29, 0.717) is 6.54 Å². The van der Waals surface area contributed by atoms with Gasteiger partial charge in [0.25, 0.3) is 0 Å². The van der Waals surface area contributed by atoms with Gasteiger partial charge in [-0.1, -0.05) is 6.92 Å². The summed E-state index contributed by atoms with van der Waals surface area (Å²) in [5, 5.41) is 15.1. The van der Waals surface area contributed by atoms with E-state index in [1.807, 2.05) is 6.92 Å². The normalized spacial score (nSPS) is 16.8. The Bertz CT molecular complexity index is 444. The summed E-state index contributed by atoms with van der Waals surface area (Å²) in [5.41, 5.74) is -0.506. The van der Waals surface area contributed by atoms with Crippen LogP contribution in [-0.4, -0.2) is 28.8 Å². The van der Waals surface area contributed by atoms with Crippen molar-refractivity contribution in [3.63, 3.8) is 0 Å². The fraction of sp³-hybridized carbons (Fsp3) is 0.615. The van der Waals surface area contributed by atoms with E-state index in [1.165, 1.54) is 0 Å². The third kappa shape index (κ3) is 2.94. The van der Waals surface area contributed by atoms with Gasteiger partial charge in [-0.15, -0.1) is 0 Å². The van der Waals surface area contributed by atoms with E-state index in [4.69, 9.17) is 0 Å². The van der Waals surface area contributed by atoms with Crippen LogP contribution in [0.15, 0.2) is 6.07 Å². The van der Waals surface area contributed by atoms with Crippen molar-refractivity contribution < 1.29 is 13.9 Å². The third-order valence-corrected chi connectivity index (χ3v) is 3.47. The van der Waals surface area contributed by atoms with Crippen molar-refractivity contribution in [1.82, 2.24) is 4.98 Å². The van der Waals surface area contributed by atoms with E-state index < -0.39 is 17.2 Å². The van der Waals surface area contributed by atoms with Crippen LogP contribution in [0.2, 0.25) is 0 Å². The van der Waals surface area contributed by atoms with Crippen LogP contribution >= 0.6 is 0 Å². The molecule has 6 heteroatoms. The zero-order valence-electron chi connectivity index (χ0n) is 11.0. The Hall–Kier alpha value is -1.43. The average molecular weight is 271 g/mol. The molecule has 1 heterocycles. The summed E-state index contributed by atoms with van der Waals surface area (Å²) in [6.07, 6.45) is 3.33. The number of pyridine rings is 1. The van der Waals surface area contributed by atoms with Crippen LogP contribution in [0.4, 0.5) is 20.4 Å². The molecule has 0 radical (unpaired) electrons. The van der Waals surface area contributed by atoms with E-state index in [0.717, 1.165) is 31.7 Å². The van der Waals surface area contributed by atoms with Gasteiger partial charge in [-0.2, -0.15) is 0 Å². The molecule has 0 saturated heterocycles. The fourth-order valence-electron chi connectivity index (χ4n) is 2.10. The first kappa shape index (κ1) is 14.0. The van der Waals surface area contributed by atoms with Crippen molar-refractivity contribution in [1.29, 1.82) is 0 Å². The summed E-state index contributed by atoms with van der Waals surface area (Å²) in [6.45, 7) is 2.44. The number of anilines is 2. The maximum absolute atomic E-state index is 13.7. The number of halogens is 2. The number of nitrogens with one attached hydrogen (secondary N) is 2. The highest BCUT2D eigenvalue weighted by Gasteiger charge is 2.37. The number of nitrogens with zero attached hydrogens (tertiary/aromatic N) is 1. The Morgan fingerprint density at radius 2 is 2.00 bits per heavy atom. The lowest BCUT2D eigenvalue weighted by Crippen LogP contribution is -2.48. The van der Waals surface area contributed by atoms with Crippen molar-refractivity contribution in [2.75, 3.05) is 23.8 Å². The van der Waals surface area contributed by atoms with Crippen molar-refractivity contribution in [2.24, 2.45) is 0 Å². The molecule has 0 amide bonds. The maximum atomic E-state index is 13.7. The van der Waals surface area contributed by atoms with Crippen molar-refractivity contribution in [3.05, 3.63) is 17.7 Å². The molecule has 1 aliphatic rings.